The molecule has 5 rings (SSSR count). The number of alkyl halides is 3. The van der Waals surface area contributed by atoms with E-state index in [1.165, 1.54) is 75.0 Å². The smallest absolute Gasteiger partial charge is 0.343 e. The van der Waals surface area contributed by atoms with E-state index >= 15 is 9.59 Å². The number of likely N-dealkylation sites (N-methyl/N-ethyl adjacent to an activating group) is 7. The van der Waals surface area contributed by atoms with Gasteiger partial charge in [-0.25, -0.2) is 0 Å². The summed E-state index contributed by atoms with van der Waals surface area (Å²) in [6.45, 7) is 12.9. The monoisotopic (exact) mass is 1330 g/mol. The van der Waals surface area contributed by atoms with E-state index in [1.54, 1.807) is 26.0 Å². The third-order valence-electron chi connectivity index (χ3n) is 19.0. The predicted octanol–water partition coefficient (Wildman–Crippen LogP) is 5.48. The molecule has 3 N–H and O–H groups in total. The van der Waals surface area contributed by atoms with Crippen LogP contribution in [0, 0.1) is 24.7 Å². The van der Waals surface area contributed by atoms with E-state index in [0.29, 0.717) is 43.2 Å². The predicted molar refractivity (Wildman–Crippen MR) is 345 cm³/mol. The Morgan fingerprint density at radius 3 is 1.80 bits per heavy atom. The minimum Gasteiger partial charge on any atom is -0.343 e. The molecule has 0 bridgehead atoms. The minimum atomic E-state index is -4.75. The average molecular weight is 1330 g/mol. The molecular weight excluding hydrogens is 1230 g/mol. The Hall–Kier alpha value is -7.31. The SMILES string of the molecule is CC[C@H](C)[C@@H]1NC(=O)[C@H](CC(C)C)N(C)C(=O)C[C@@H](C)N(C)C(=O)[C@H]([C@@H](C)CC)N(C)C(=O)C2(CCCC2)NC(=O)C2CCCN2C(=O)[C@H](CCc2ccc(C(F)(F)F)c(Cl)c2)NC(=O)CN(C)C(=O)[C@H](Cc2ccc(C)cc2)N(C)C(=O)CN(C)C(=O)CN(C)C1=O. The van der Waals surface area contributed by atoms with Crippen LogP contribution in [0.25, 0.3) is 0 Å². The molecule has 2 aromatic carbocycles. The van der Waals surface area contributed by atoms with E-state index in [4.69, 9.17) is 11.6 Å². The van der Waals surface area contributed by atoms with E-state index in [-0.39, 0.29) is 63.8 Å². The fourth-order valence-electron chi connectivity index (χ4n) is 12.5. The summed E-state index contributed by atoms with van der Waals surface area (Å²) in [7, 11) is 9.99. The zero-order valence-corrected chi connectivity index (χ0v) is 57.7. The number of rotatable bonds is 11. The molecule has 93 heavy (non-hydrogen) atoms. The van der Waals surface area contributed by atoms with Crippen molar-refractivity contribution in [2.45, 2.75) is 193 Å². The fourth-order valence-corrected chi connectivity index (χ4v) is 12.8. The molecule has 2 aliphatic heterocycles. The van der Waals surface area contributed by atoms with Gasteiger partial charge in [0.05, 0.1) is 30.2 Å². The first-order valence-electron chi connectivity index (χ1n) is 32.4. The van der Waals surface area contributed by atoms with E-state index in [2.05, 4.69) is 16.0 Å². The van der Waals surface area contributed by atoms with Crippen molar-refractivity contribution < 1.29 is 65.9 Å². The van der Waals surface area contributed by atoms with Gasteiger partial charge in [-0.2, -0.15) is 13.2 Å². The first-order valence-corrected chi connectivity index (χ1v) is 32.8. The summed E-state index contributed by atoms with van der Waals surface area (Å²) in [6, 6.07) is 2.42. The van der Waals surface area contributed by atoms with Crippen LogP contribution in [0.3, 0.4) is 0 Å². The van der Waals surface area contributed by atoms with Gasteiger partial charge in [-0.3, -0.25) is 52.7 Å². The lowest BCUT2D eigenvalue weighted by molar-refractivity contribution is -0.153. The molecule has 2 heterocycles. The van der Waals surface area contributed by atoms with Gasteiger partial charge in [-0.05, 0) is 99.8 Å². The van der Waals surface area contributed by atoms with Crippen LogP contribution in [-0.4, -0.2) is 228 Å². The summed E-state index contributed by atoms with van der Waals surface area (Å²) in [5, 5.41) is 8.07. The summed E-state index contributed by atoms with van der Waals surface area (Å²) in [6.07, 6.45) is -2.25. The molecule has 22 nitrogen and oxygen atoms in total. The summed E-state index contributed by atoms with van der Waals surface area (Å²) in [5.41, 5.74) is -0.721. The first kappa shape index (κ1) is 76.4. The van der Waals surface area contributed by atoms with Gasteiger partial charge in [-0.15, -0.1) is 0 Å². The van der Waals surface area contributed by atoms with E-state index in [9.17, 15) is 56.3 Å². The maximum Gasteiger partial charge on any atom is 0.417 e. The molecule has 11 amide bonds. The molecule has 2 saturated heterocycles. The van der Waals surface area contributed by atoms with Crippen molar-refractivity contribution in [2.75, 3.05) is 75.5 Å². The molecule has 1 unspecified atom stereocenters. The lowest BCUT2D eigenvalue weighted by Gasteiger charge is -2.41. The third-order valence-corrected chi connectivity index (χ3v) is 19.4. The normalized spacial score (nSPS) is 25.0. The highest BCUT2D eigenvalue weighted by Gasteiger charge is 2.50. The molecular formula is C67H99ClF3N11O11. The maximum absolute atomic E-state index is 15.2. The lowest BCUT2D eigenvalue weighted by Crippen LogP contribution is -2.64. The lowest BCUT2D eigenvalue weighted by atomic mass is 9.90. The Bertz CT molecular complexity index is 3040. The number of halogens is 4. The molecule has 0 aromatic heterocycles. The molecule has 2 aromatic rings. The number of carbonyl (C=O) groups is 11. The number of hydrogen-bond acceptors (Lipinski definition) is 11. The minimum absolute atomic E-state index is 0.0433. The first-order chi connectivity index (χ1) is 43.5. The number of aryl methyl sites for hydroxylation is 2. The summed E-state index contributed by atoms with van der Waals surface area (Å²) in [4.78, 5) is 171. The van der Waals surface area contributed by atoms with Crippen LogP contribution in [0.2, 0.25) is 5.02 Å². The third kappa shape index (κ3) is 19.4. The highest BCUT2D eigenvalue weighted by atomic mass is 35.5. The van der Waals surface area contributed by atoms with E-state index in [1.807, 2.05) is 53.7 Å². The van der Waals surface area contributed by atoms with Gasteiger partial charge in [-0.1, -0.05) is 115 Å². The number of benzene rings is 2. The summed E-state index contributed by atoms with van der Waals surface area (Å²) >= 11 is 6.12. The molecule has 26 heteroatoms. The van der Waals surface area contributed by atoms with Crippen molar-refractivity contribution in [1.29, 1.82) is 0 Å². The van der Waals surface area contributed by atoms with Gasteiger partial charge in [0.2, 0.25) is 65.0 Å². The van der Waals surface area contributed by atoms with Crippen LogP contribution in [0.4, 0.5) is 13.2 Å². The van der Waals surface area contributed by atoms with Crippen molar-refractivity contribution in [1.82, 2.24) is 55.1 Å². The Balaban J connectivity index is 1.58. The van der Waals surface area contributed by atoms with Crippen molar-refractivity contribution in [2.24, 2.45) is 17.8 Å². The van der Waals surface area contributed by atoms with Crippen LogP contribution >= 0.6 is 11.6 Å². The van der Waals surface area contributed by atoms with Crippen molar-refractivity contribution in [3.63, 3.8) is 0 Å². The molecule has 1 saturated carbocycles. The molecule has 3 fully saturated rings. The van der Waals surface area contributed by atoms with Gasteiger partial charge >= 0.3 is 6.18 Å². The van der Waals surface area contributed by atoms with Crippen LogP contribution in [0.15, 0.2) is 42.5 Å². The van der Waals surface area contributed by atoms with Crippen molar-refractivity contribution in [3.05, 3.63) is 69.7 Å². The number of nitrogens with zero attached hydrogens (tertiary/aromatic N) is 8. The summed E-state index contributed by atoms with van der Waals surface area (Å²) in [5.74, 6) is -7.96. The number of hydrogen-bond donors (Lipinski definition) is 3. The van der Waals surface area contributed by atoms with Gasteiger partial charge < -0.3 is 55.1 Å². The molecule has 1 aliphatic carbocycles. The molecule has 516 valence electrons. The van der Waals surface area contributed by atoms with Crippen molar-refractivity contribution in [3.8, 4) is 0 Å². The molecule has 3 aliphatic rings. The number of carbonyl (C=O) groups excluding carboxylic acids is 11. The molecule has 0 radical (unpaired) electrons. The van der Waals surface area contributed by atoms with E-state index < -0.39 is 161 Å². The van der Waals surface area contributed by atoms with Crippen LogP contribution in [0.1, 0.15) is 141 Å². The fraction of sp³-hybridized carbons (Fsp3) is 0.657. The number of nitrogens with one attached hydrogen (secondary N) is 3. The van der Waals surface area contributed by atoms with Gasteiger partial charge in [0.1, 0.15) is 41.8 Å². The number of amides is 11. The van der Waals surface area contributed by atoms with Crippen LogP contribution < -0.4 is 16.0 Å². The summed E-state index contributed by atoms with van der Waals surface area (Å²) < 4.78 is 41.4. The number of fused-ring (bicyclic) bond motifs is 1. The second-order valence-electron chi connectivity index (χ2n) is 26.6. The van der Waals surface area contributed by atoms with Crippen molar-refractivity contribution >= 4 is 76.6 Å². The van der Waals surface area contributed by atoms with Crippen LogP contribution in [0.5, 0.6) is 0 Å². The maximum atomic E-state index is 15.2. The topological polar surface area (TPSA) is 250 Å². The van der Waals surface area contributed by atoms with Gasteiger partial charge in [0.25, 0.3) is 0 Å². The highest BCUT2D eigenvalue weighted by Crippen LogP contribution is 2.37. The second kappa shape index (κ2) is 33.2. The standard InChI is InChI=1S/C67H99ClF3N11O11/c1-16-42(6)57-63(91)77(11)38-55(85)75(9)39-56(86)80(14)52(36-46-24-22-41(5)23-25-46)62(90)76(10)37-53(83)72-49(29-27-45-26-28-47(48(68)35-45)67(69,70)71)61(89)82-32-20-21-50(82)60(88)74-66(30-18-19-31-66)65(93)81(15)58(43(7)17-2)64(92)78(12)44(8)34-54(84)79(13)51(33-40(3)4)59(87)73-57/h22-26,28,35,40,42-44,49-52,57-58H,16-21,27,29-34,36-39H2,1-15H3,(H,72,83)(H,73,87)(H,74,88)/t42-,43-,44+,49-,50?,51-,52-,57-,58-/m0/s1. The molecule has 1 spiro atoms. The average Bonchev–Trinajstić information content (AvgIpc) is 1.77. The quantitative estimate of drug-likeness (QED) is 0.254. The van der Waals surface area contributed by atoms with Gasteiger partial charge in [0, 0.05) is 74.8 Å². The zero-order chi connectivity index (χ0) is 69.7. The largest absolute Gasteiger partial charge is 0.417 e. The molecule has 9 atom stereocenters. The Labute approximate surface area is 551 Å². The van der Waals surface area contributed by atoms with E-state index in [0.717, 1.165) is 37.3 Å². The second-order valence-corrected chi connectivity index (χ2v) is 27.0. The van der Waals surface area contributed by atoms with Crippen LogP contribution in [-0.2, 0) is 71.8 Å². The zero-order valence-electron chi connectivity index (χ0n) is 56.9. The Kier molecular flexibility index (Phi) is 27.3. The Morgan fingerprint density at radius 2 is 1.22 bits per heavy atom. The Morgan fingerprint density at radius 1 is 0.634 bits per heavy atom. The highest BCUT2D eigenvalue weighted by molar-refractivity contribution is 6.31. The van der Waals surface area contributed by atoms with Gasteiger partial charge in [0.15, 0.2) is 0 Å².